The van der Waals surface area contributed by atoms with Crippen molar-refractivity contribution in [3.05, 3.63) is 34.3 Å². The van der Waals surface area contributed by atoms with Gasteiger partial charge in [-0.2, -0.15) is 0 Å². The van der Waals surface area contributed by atoms with E-state index in [1.54, 1.807) is 0 Å². The first kappa shape index (κ1) is 9.74. The summed E-state index contributed by atoms with van der Waals surface area (Å²) in [5.74, 6) is -0.757. The number of hydrogen-bond donors (Lipinski definition) is 1. The Labute approximate surface area is 80.5 Å². The number of carbonyl (C=O) groups is 2. The van der Waals surface area contributed by atoms with E-state index in [1.807, 2.05) is 0 Å². The summed E-state index contributed by atoms with van der Waals surface area (Å²) in [6.45, 7) is 1.38. The van der Waals surface area contributed by atoms with Crippen molar-refractivity contribution in [3.63, 3.8) is 0 Å². The fourth-order valence-corrected chi connectivity index (χ4v) is 1.20. The van der Waals surface area contributed by atoms with Gasteiger partial charge < -0.3 is 5.73 Å². The number of halogens is 1. The quantitative estimate of drug-likeness (QED) is 0.733. The molecule has 0 aliphatic carbocycles. The average Bonchev–Trinajstić information content (AvgIpc) is 2.04. The predicted octanol–water partition coefficient (Wildman–Crippen LogP) is 1.64. The average molecular weight is 198 g/mol. The van der Waals surface area contributed by atoms with Gasteiger partial charge in [-0.15, -0.1) is 0 Å². The van der Waals surface area contributed by atoms with Gasteiger partial charge in [0.1, 0.15) is 0 Å². The Balaban J connectivity index is 3.27. The molecule has 2 N–H and O–H groups in total. The zero-order valence-electron chi connectivity index (χ0n) is 7.00. The Hall–Kier alpha value is -1.35. The fraction of sp³-hybridized carbons (Fsp3) is 0.111. The molecule has 0 bridgehead atoms. The van der Waals surface area contributed by atoms with Gasteiger partial charge in [0.2, 0.25) is 5.91 Å². The van der Waals surface area contributed by atoms with Gasteiger partial charge in [-0.3, -0.25) is 9.59 Å². The molecule has 68 valence electrons. The molecule has 0 aliphatic heterocycles. The Kier molecular flexibility index (Phi) is 2.68. The monoisotopic (exact) mass is 197 g/mol. The van der Waals surface area contributed by atoms with Gasteiger partial charge in [0.15, 0.2) is 5.78 Å². The van der Waals surface area contributed by atoms with Crippen molar-refractivity contribution in [1.29, 1.82) is 0 Å². The summed E-state index contributed by atoms with van der Waals surface area (Å²) in [4.78, 5) is 21.8. The maximum atomic E-state index is 11.0. The number of Topliss-reactive ketones (excluding diaryl/α,β-unsaturated/α-hetero) is 1. The van der Waals surface area contributed by atoms with Crippen LogP contribution in [0.25, 0.3) is 0 Å². The van der Waals surface area contributed by atoms with Crippen LogP contribution < -0.4 is 5.73 Å². The normalized spacial score (nSPS) is 9.69. The van der Waals surface area contributed by atoms with Crippen molar-refractivity contribution < 1.29 is 9.59 Å². The smallest absolute Gasteiger partial charge is 0.248 e. The predicted molar refractivity (Wildman–Crippen MR) is 50.0 cm³/mol. The highest BCUT2D eigenvalue weighted by Gasteiger charge is 2.08. The molecule has 0 spiro atoms. The van der Waals surface area contributed by atoms with Crippen LogP contribution in [0.5, 0.6) is 0 Å². The number of benzene rings is 1. The molecule has 1 amide bonds. The van der Waals surface area contributed by atoms with E-state index in [0.29, 0.717) is 10.6 Å². The van der Waals surface area contributed by atoms with Gasteiger partial charge in [-0.1, -0.05) is 11.6 Å². The molecule has 1 aromatic rings. The van der Waals surface area contributed by atoms with E-state index in [9.17, 15) is 9.59 Å². The highest BCUT2D eigenvalue weighted by molar-refractivity contribution is 6.34. The molecule has 1 aromatic carbocycles. The minimum absolute atomic E-state index is 0.187. The van der Waals surface area contributed by atoms with Gasteiger partial charge in [0, 0.05) is 11.1 Å². The lowest BCUT2D eigenvalue weighted by Crippen LogP contribution is -2.11. The topological polar surface area (TPSA) is 60.2 Å². The first-order valence-electron chi connectivity index (χ1n) is 3.62. The Morgan fingerprint density at radius 3 is 2.46 bits per heavy atom. The Morgan fingerprint density at radius 2 is 2.00 bits per heavy atom. The number of hydrogen-bond acceptors (Lipinski definition) is 2. The maximum absolute atomic E-state index is 11.0. The zero-order valence-corrected chi connectivity index (χ0v) is 7.76. The van der Waals surface area contributed by atoms with E-state index in [0.717, 1.165) is 0 Å². The van der Waals surface area contributed by atoms with E-state index in [2.05, 4.69) is 0 Å². The van der Waals surface area contributed by atoms with Crippen LogP contribution in [0.2, 0.25) is 5.02 Å². The number of nitrogens with two attached hydrogens (primary N) is 1. The minimum Gasteiger partial charge on any atom is -0.366 e. The standard InChI is InChI=1S/C9H8ClNO2/c1-5(12)7-4-6(9(11)13)2-3-8(7)10/h2-4H,1H3,(H2,11,13). The molecule has 0 heterocycles. The minimum atomic E-state index is -0.570. The molecular formula is C9H8ClNO2. The summed E-state index contributed by atoms with van der Waals surface area (Å²) in [5, 5.41) is 0.331. The van der Waals surface area contributed by atoms with E-state index in [-0.39, 0.29) is 11.3 Å². The van der Waals surface area contributed by atoms with Crippen molar-refractivity contribution >= 4 is 23.3 Å². The molecule has 3 nitrogen and oxygen atoms in total. The zero-order chi connectivity index (χ0) is 10.0. The third-order valence-corrected chi connectivity index (χ3v) is 1.96. The molecule has 0 aliphatic rings. The van der Waals surface area contributed by atoms with Gasteiger partial charge in [-0.25, -0.2) is 0 Å². The van der Waals surface area contributed by atoms with Crippen LogP contribution in [0.4, 0.5) is 0 Å². The summed E-state index contributed by atoms with van der Waals surface area (Å²) in [5.41, 5.74) is 5.64. The maximum Gasteiger partial charge on any atom is 0.248 e. The van der Waals surface area contributed by atoms with Crippen LogP contribution in [0.1, 0.15) is 27.6 Å². The number of ketones is 1. The number of primary amides is 1. The van der Waals surface area contributed by atoms with E-state index in [1.165, 1.54) is 25.1 Å². The Bertz CT molecular complexity index is 374. The van der Waals surface area contributed by atoms with Crippen molar-refractivity contribution in [2.45, 2.75) is 6.92 Å². The largest absolute Gasteiger partial charge is 0.366 e. The molecule has 0 atom stereocenters. The molecule has 13 heavy (non-hydrogen) atoms. The first-order valence-corrected chi connectivity index (χ1v) is 4.00. The second kappa shape index (κ2) is 3.58. The highest BCUT2D eigenvalue weighted by Crippen LogP contribution is 2.17. The molecule has 1 rings (SSSR count). The molecule has 0 fully saturated rings. The lowest BCUT2D eigenvalue weighted by atomic mass is 10.1. The van der Waals surface area contributed by atoms with Gasteiger partial charge in [0.05, 0.1) is 5.02 Å². The second-order valence-corrected chi connectivity index (χ2v) is 3.02. The van der Waals surface area contributed by atoms with Crippen molar-refractivity contribution in [3.8, 4) is 0 Å². The highest BCUT2D eigenvalue weighted by atomic mass is 35.5. The summed E-state index contributed by atoms with van der Waals surface area (Å²) in [6.07, 6.45) is 0. The number of amides is 1. The molecule has 0 saturated carbocycles. The molecule has 0 radical (unpaired) electrons. The molecule has 0 unspecified atom stereocenters. The van der Waals surface area contributed by atoms with Crippen molar-refractivity contribution in [1.82, 2.24) is 0 Å². The Morgan fingerprint density at radius 1 is 1.38 bits per heavy atom. The molecular weight excluding hydrogens is 190 g/mol. The third kappa shape index (κ3) is 2.06. The van der Waals surface area contributed by atoms with Gasteiger partial charge >= 0.3 is 0 Å². The summed E-state index contributed by atoms with van der Waals surface area (Å²) < 4.78 is 0. The van der Waals surface area contributed by atoms with Crippen LogP contribution in [-0.4, -0.2) is 11.7 Å². The lowest BCUT2D eigenvalue weighted by Gasteiger charge is -2.01. The first-order chi connectivity index (χ1) is 6.02. The van der Waals surface area contributed by atoms with Gasteiger partial charge in [-0.05, 0) is 25.1 Å². The van der Waals surface area contributed by atoms with Crippen LogP contribution >= 0.6 is 11.6 Å². The molecule has 0 aromatic heterocycles. The second-order valence-electron chi connectivity index (χ2n) is 2.62. The van der Waals surface area contributed by atoms with Crippen LogP contribution in [-0.2, 0) is 0 Å². The number of rotatable bonds is 2. The lowest BCUT2D eigenvalue weighted by molar-refractivity contribution is 0.1000. The van der Waals surface area contributed by atoms with Crippen LogP contribution in [0, 0.1) is 0 Å². The summed E-state index contributed by atoms with van der Waals surface area (Å²) in [7, 11) is 0. The molecule has 4 heteroatoms. The third-order valence-electron chi connectivity index (χ3n) is 1.63. The van der Waals surface area contributed by atoms with Crippen molar-refractivity contribution in [2.24, 2.45) is 5.73 Å². The summed E-state index contributed by atoms with van der Waals surface area (Å²) in [6, 6.07) is 4.36. The SMILES string of the molecule is CC(=O)c1cc(C(N)=O)ccc1Cl. The fourth-order valence-electron chi connectivity index (χ4n) is 0.948. The van der Waals surface area contributed by atoms with Crippen LogP contribution in [0.15, 0.2) is 18.2 Å². The van der Waals surface area contributed by atoms with E-state index in [4.69, 9.17) is 17.3 Å². The van der Waals surface area contributed by atoms with E-state index < -0.39 is 5.91 Å². The molecule has 0 saturated heterocycles. The summed E-state index contributed by atoms with van der Waals surface area (Å²) >= 11 is 5.72. The number of carbonyl (C=O) groups excluding carboxylic acids is 2. The van der Waals surface area contributed by atoms with Crippen LogP contribution in [0.3, 0.4) is 0 Å². The van der Waals surface area contributed by atoms with Crippen molar-refractivity contribution in [2.75, 3.05) is 0 Å². The van der Waals surface area contributed by atoms with Gasteiger partial charge in [0.25, 0.3) is 0 Å². The van der Waals surface area contributed by atoms with E-state index >= 15 is 0 Å².